The molecular weight excluding hydrogens is 631 g/mol. The smallest absolute Gasteiger partial charge is 0.303 e. The molecule has 0 bridgehead atoms. The number of hydrogen-bond donors (Lipinski definition) is 2. The average molecular weight is 690 g/mol. The first-order chi connectivity index (χ1) is 23.1. The monoisotopic (exact) mass is 689 g/mol. The third-order valence-electron chi connectivity index (χ3n) is 14.0. The Morgan fingerprint density at radius 3 is 2.24 bits per heavy atom. The fourth-order valence-electron chi connectivity index (χ4n) is 11.4. The van der Waals surface area contributed by atoms with Crippen LogP contribution in [0.1, 0.15) is 118 Å². The average Bonchev–Trinajstić information content (AvgIpc) is 3.41. The van der Waals surface area contributed by atoms with Crippen LogP contribution in [0.25, 0.3) is 11.1 Å². The maximum Gasteiger partial charge on any atom is 0.303 e. The highest BCUT2D eigenvalue weighted by Gasteiger charge is 2.65. The molecule has 268 valence electrons. The minimum absolute atomic E-state index is 0.0913. The molecule has 11 atom stereocenters. The van der Waals surface area contributed by atoms with Gasteiger partial charge in [0.25, 0.3) is 0 Å². The molecule has 2 unspecified atom stereocenters. The van der Waals surface area contributed by atoms with Gasteiger partial charge in [0.05, 0.1) is 5.54 Å². The summed E-state index contributed by atoms with van der Waals surface area (Å²) in [4.78, 5) is 24.2. The van der Waals surface area contributed by atoms with E-state index in [0.29, 0.717) is 35.5 Å². The second-order valence-corrected chi connectivity index (χ2v) is 19.7. The van der Waals surface area contributed by atoms with Gasteiger partial charge in [-0.15, -0.1) is 4.72 Å². The first-order valence-corrected chi connectivity index (χ1v) is 20.0. The summed E-state index contributed by atoms with van der Waals surface area (Å²) in [5, 5.41) is 9.40. The van der Waals surface area contributed by atoms with Crippen LogP contribution in [0, 0.1) is 46.3 Å². The Morgan fingerprint density at radius 2 is 1.61 bits per heavy atom. The van der Waals surface area contributed by atoms with E-state index in [4.69, 9.17) is 4.74 Å². The molecule has 2 aromatic carbocycles. The second kappa shape index (κ2) is 13.7. The summed E-state index contributed by atoms with van der Waals surface area (Å²) in [6.45, 7) is 14.9. The van der Waals surface area contributed by atoms with Gasteiger partial charge in [0.2, 0.25) is 0 Å². The molecule has 0 saturated heterocycles. The summed E-state index contributed by atoms with van der Waals surface area (Å²) < 4.78 is 23.6. The van der Waals surface area contributed by atoms with Gasteiger partial charge in [0.1, 0.15) is 10.9 Å². The number of fused-ring (bicyclic) bond motifs is 5. The quantitative estimate of drug-likeness (QED) is 0.201. The topological polar surface area (TPSA) is 98.7 Å². The highest BCUT2D eigenvalue weighted by atomic mass is 32.2. The number of carbonyl (C=O) groups excluding carboxylic acids is 1. The zero-order valence-corrected chi connectivity index (χ0v) is 31.6. The zero-order valence-electron chi connectivity index (χ0n) is 30.8. The predicted molar refractivity (Wildman–Crippen MR) is 197 cm³/mol. The third kappa shape index (κ3) is 6.85. The number of carboxylic acids is 1. The van der Waals surface area contributed by atoms with Gasteiger partial charge < -0.3 is 14.4 Å². The number of carboxylic acid groups (broad SMARTS) is 1. The Labute approximate surface area is 297 Å². The van der Waals surface area contributed by atoms with Gasteiger partial charge in [-0.3, -0.25) is 9.59 Å². The molecule has 4 aliphatic carbocycles. The Kier molecular flexibility index (Phi) is 10.2. The van der Waals surface area contributed by atoms with Gasteiger partial charge in [-0.25, -0.2) is 0 Å². The molecule has 7 heteroatoms. The molecule has 4 saturated carbocycles. The molecule has 0 amide bonds. The van der Waals surface area contributed by atoms with Crippen molar-refractivity contribution in [2.24, 2.45) is 46.3 Å². The van der Waals surface area contributed by atoms with E-state index in [2.05, 4.69) is 74.0 Å². The van der Waals surface area contributed by atoms with Gasteiger partial charge in [-0.1, -0.05) is 75.4 Å². The van der Waals surface area contributed by atoms with Crippen molar-refractivity contribution in [3.8, 4) is 11.1 Å². The molecule has 0 radical (unpaired) electrons. The lowest BCUT2D eigenvalue weighted by atomic mass is 9.42. The van der Waals surface area contributed by atoms with Crippen LogP contribution in [0.3, 0.4) is 0 Å². The molecule has 0 spiro atoms. The number of nitrogens with one attached hydrogen (secondary N) is 1. The van der Waals surface area contributed by atoms with Crippen molar-refractivity contribution in [2.45, 2.75) is 129 Å². The predicted octanol–water partition coefficient (Wildman–Crippen LogP) is 9.30. The molecule has 2 N–H and O–H groups in total. The first kappa shape index (κ1) is 36.4. The van der Waals surface area contributed by atoms with E-state index in [1.165, 1.54) is 16.7 Å². The minimum atomic E-state index is -1.26. The van der Waals surface area contributed by atoms with E-state index in [9.17, 15) is 19.2 Å². The highest BCUT2D eigenvalue weighted by molar-refractivity contribution is 7.90. The van der Waals surface area contributed by atoms with Gasteiger partial charge in [-0.2, -0.15) is 0 Å². The minimum Gasteiger partial charge on any atom is -0.598 e. The molecule has 0 heterocycles. The number of benzene rings is 2. The lowest BCUT2D eigenvalue weighted by Crippen LogP contribution is -2.63. The summed E-state index contributed by atoms with van der Waals surface area (Å²) in [5.74, 6) is 1.49. The normalized spacial score (nSPS) is 36.9. The Bertz CT molecular complexity index is 1490. The fraction of sp³-hybridized carbons (Fsp3) is 0.667. The van der Waals surface area contributed by atoms with E-state index in [-0.39, 0.29) is 29.3 Å². The van der Waals surface area contributed by atoms with Crippen molar-refractivity contribution >= 4 is 23.3 Å². The summed E-state index contributed by atoms with van der Waals surface area (Å²) in [7, 11) is 0. The van der Waals surface area contributed by atoms with Crippen molar-refractivity contribution in [3.63, 3.8) is 0 Å². The highest BCUT2D eigenvalue weighted by Crippen LogP contribution is 2.70. The van der Waals surface area contributed by atoms with Crippen molar-refractivity contribution < 1.29 is 24.0 Å². The van der Waals surface area contributed by atoms with Gasteiger partial charge in [0, 0.05) is 30.6 Å². The number of hydrogen-bond acceptors (Lipinski definition) is 5. The van der Waals surface area contributed by atoms with Crippen LogP contribution in [0.2, 0.25) is 0 Å². The van der Waals surface area contributed by atoms with Crippen LogP contribution in [0.5, 0.6) is 0 Å². The maximum atomic E-state index is 13.9. The maximum absolute atomic E-state index is 13.9. The largest absolute Gasteiger partial charge is 0.598 e. The molecule has 49 heavy (non-hydrogen) atoms. The number of ether oxygens (including phenoxy) is 1. The van der Waals surface area contributed by atoms with Crippen LogP contribution in [-0.2, 0) is 31.2 Å². The third-order valence-corrected chi connectivity index (χ3v) is 15.7. The number of esters is 1. The zero-order chi connectivity index (χ0) is 35.4. The molecular formula is C42H59NO5S. The summed E-state index contributed by atoms with van der Waals surface area (Å²) in [6.07, 6.45) is 8.95. The van der Waals surface area contributed by atoms with Gasteiger partial charge in [-0.05, 0) is 136 Å². The standard InChI is InChI=1S/C42H59NO5S/c1-27(13-20-37(45)46)33-18-19-34-38-35(21-22-41(33,34)7)40(6)23-24-42(43-49(47)39(3,4)5,26-32(40)25-36(38)48-28(2)44)31-16-14-30(15-17-31)29-11-9-8-10-12-29/h8-12,14-17,27,32-36,38,43H,13,18-26H2,1-7H3,(H,45,46)/t27-,32-,33-,34+,35+,36-,38+,40+,41-,42?,49?/m1/s1. The van der Waals surface area contributed by atoms with Crippen molar-refractivity contribution in [3.05, 3.63) is 60.2 Å². The van der Waals surface area contributed by atoms with E-state index in [1.54, 1.807) is 6.92 Å². The molecule has 6 rings (SSSR count). The van der Waals surface area contributed by atoms with E-state index in [1.807, 2.05) is 26.8 Å². The number of rotatable bonds is 9. The van der Waals surface area contributed by atoms with Crippen LogP contribution < -0.4 is 4.72 Å². The van der Waals surface area contributed by atoms with Gasteiger partial charge >= 0.3 is 11.9 Å². The number of aliphatic carboxylic acids is 1. The second-order valence-electron chi connectivity index (χ2n) is 17.7. The van der Waals surface area contributed by atoms with Crippen molar-refractivity contribution in [1.29, 1.82) is 0 Å². The Balaban J connectivity index is 1.32. The summed E-state index contributed by atoms with van der Waals surface area (Å²) in [6, 6.07) is 19.3. The van der Waals surface area contributed by atoms with Crippen LogP contribution in [0.4, 0.5) is 0 Å². The van der Waals surface area contributed by atoms with Crippen LogP contribution in [-0.4, -0.2) is 32.4 Å². The fourth-order valence-corrected chi connectivity index (χ4v) is 12.4. The molecule has 4 aliphatic rings. The first-order valence-electron chi connectivity index (χ1n) is 18.8. The lowest BCUT2D eigenvalue weighted by Gasteiger charge is -2.64. The SMILES string of the molecule is CC(=O)O[C@@H]1C[C@@H]2CC(N[S+]([O-])C(C)(C)C)(c3ccc(-c4ccccc4)cc3)CC[C@]2(C)[C@H]2CC[C@]3(C)[C@@H]([C@H](C)CCC(=O)O)CC[C@H]3[C@H]12. The van der Waals surface area contributed by atoms with E-state index in [0.717, 1.165) is 57.8 Å². The molecule has 0 aliphatic heterocycles. The molecule has 2 aromatic rings. The van der Waals surface area contributed by atoms with E-state index >= 15 is 0 Å². The summed E-state index contributed by atoms with van der Waals surface area (Å²) >= 11 is -1.26. The summed E-state index contributed by atoms with van der Waals surface area (Å²) in [5.41, 5.74) is 3.31. The van der Waals surface area contributed by atoms with Crippen LogP contribution in [0.15, 0.2) is 54.6 Å². The van der Waals surface area contributed by atoms with Crippen molar-refractivity contribution in [2.75, 3.05) is 0 Å². The van der Waals surface area contributed by atoms with E-state index < -0.39 is 27.6 Å². The molecule has 0 aromatic heterocycles. The van der Waals surface area contributed by atoms with Crippen LogP contribution >= 0.6 is 0 Å². The van der Waals surface area contributed by atoms with Gasteiger partial charge in [0.15, 0.2) is 0 Å². The lowest BCUT2D eigenvalue weighted by molar-refractivity contribution is -0.193. The molecule has 4 fully saturated rings. The Hall–Kier alpha value is -2.35. The van der Waals surface area contributed by atoms with Crippen molar-refractivity contribution in [1.82, 2.24) is 4.72 Å². The Morgan fingerprint density at radius 1 is 0.959 bits per heavy atom. The molecule has 6 nitrogen and oxygen atoms in total. The number of carbonyl (C=O) groups is 2.